The number of nitrogens with zero attached hydrogens (tertiary/aromatic N) is 1. The van der Waals surface area contributed by atoms with Crippen LogP contribution in [0.25, 0.3) is 0 Å². The van der Waals surface area contributed by atoms with Crippen LogP contribution in [0.5, 0.6) is 0 Å². The van der Waals surface area contributed by atoms with E-state index in [0.29, 0.717) is 17.7 Å². The molecule has 96 valence electrons. The molecule has 1 aliphatic rings. The number of imide groups is 1. The van der Waals surface area contributed by atoms with Gasteiger partial charge in [-0.2, -0.15) is 0 Å². The summed E-state index contributed by atoms with van der Waals surface area (Å²) in [4.78, 5) is 24.6. The number of amides is 2. The topological polar surface area (TPSA) is 58.6 Å². The van der Waals surface area contributed by atoms with Crippen molar-refractivity contribution in [1.29, 1.82) is 0 Å². The van der Waals surface area contributed by atoms with Gasteiger partial charge < -0.3 is 10.1 Å². The number of carbonyl (C=O) groups excluding carboxylic acids is 2. The van der Waals surface area contributed by atoms with Crippen LogP contribution in [0.1, 0.15) is 27.6 Å². The number of carbonyl (C=O) groups is 2. The Balaban J connectivity index is 2.19. The fourth-order valence-electron chi connectivity index (χ4n) is 1.82. The van der Waals surface area contributed by atoms with Gasteiger partial charge in [-0.05, 0) is 25.1 Å². The van der Waals surface area contributed by atoms with Crippen LogP contribution >= 0.6 is 0 Å². The molecule has 0 fully saturated rings. The molecule has 0 radical (unpaired) electrons. The van der Waals surface area contributed by atoms with Gasteiger partial charge in [-0.25, -0.2) is 0 Å². The average Bonchev–Trinajstić information content (AvgIpc) is 2.61. The van der Waals surface area contributed by atoms with E-state index in [1.54, 1.807) is 25.3 Å². The third kappa shape index (κ3) is 2.09. The molecule has 2 rings (SSSR count). The Bertz CT molecular complexity index is 499. The zero-order valence-corrected chi connectivity index (χ0v) is 10.7. The normalized spacial score (nSPS) is 15.8. The van der Waals surface area contributed by atoms with E-state index in [4.69, 9.17) is 4.74 Å². The molecule has 1 N–H and O–H groups in total. The third-order valence-corrected chi connectivity index (χ3v) is 3.09. The van der Waals surface area contributed by atoms with Crippen molar-refractivity contribution in [1.82, 2.24) is 4.90 Å². The molecule has 0 saturated carbocycles. The maximum atomic E-state index is 11.8. The van der Waals surface area contributed by atoms with E-state index < -0.39 is 0 Å². The summed E-state index contributed by atoms with van der Waals surface area (Å²) < 4.78 is 5.13. The molecular formula is C13H16N2O3. The summed E-state index contributed by atoms with van der Waals surface area (Å²) in [5.41, 5.74) is 1.74. The Hall–Kier alpha value is -1.88. The van der Waals surface area contributed by atoms with Crippen molar-refractivity contribution in [3.63, 3.8) is 0 Å². The van der Waals surface area contributed by atoms with Crippen LogP contribution in [0.3, 0.4) is 0 Å². The number of methoxy groups -OCH3 is 1. The summed E-state index contributed by atoms with van der Waals surface area (Å²) in [7, 11) is 3.14. The predicted molar refractivity (Wildman–Crippen MR) is 67.8 cm³/mol. The molecule has 0 aromatic heterocycles. The first-order chi connectivity index (χ1) is 8.54. The van der Waals surface area contributed by atoms with E-state index in [1.807, 2.05) is 6.92 Å². The summed E-state index contributed by atoms with van der Waals surface area (Å²) >= 11 is 0. The van der Waals surface area contributed by atoms with Gasteiger partial charge in [-0.15, -0.1) is 0 Å². The fraction of sp³-hybridized carbons (Fsp3) is 0.385. The summed E-state index contributed by atoms with van der Waals surface area (Å²) in [6, 6.07) is 5.19. The van der Waals surface area contributed by atoms with Crippen molar-refractivity contribution < 1.29 is 14.3 Å². The molecule has 0 saturated heterocycles. The van der Waals surface area contributed by atoms with Crippen LogP contribution in [0.15, 0.2) is 18.2 Å². The Morgan fingerprint density at radius 2 is 1.94 bits per heavy atom. The molecule has 1 unspecified atom stereocenters. The van der Waals surface area contributed by atoms with Crippen LogP contribution < -0.4 is 5.32 Å². The van der Waals surface area contributed by atoms with Crippen molar-refractivity contribution in [2.24, 2.45) is 0 Å². The second-order valence-corrected chi connectivity index (χ2v) is 4.36. The van der Waals surface area contributed by atoms with E-state index in [-0.39, 0.29) is 17.9 Å². The zero-order valence-electron chi connectivity index (χ0n) is 10.7. The minimum Gasteiger partial charge on any atom is -0.382 e. The van der Waals surface area contributed by atoms with E-state index in [0.717, 1.165) is 10.6 Å². The lowest BCUT2D eigenvalue weighted by atomic mass is 10.1. The summed E-state index contributed by atoms with van der Waals surface area (Å²) in [5, 5.41) is 3.17. The second-order valence-electron chi connectivity index (χ2n) is 4.36. The molecule has 0 aliphatic carbocycles. The van der Waals surface area contributed by atoms with E-state index >= 15 is 0 Å². The highest BCUT2D eigenvalue weighted by Gasteiger charge is 2.32. The SMILES string of the molecule is COC(C)CNc1ccc2c(c1)C(=O)N(C)C2=O. The van der Waals surface area contributed by atoms with Crippen LogP contribution in [0.2, 0.25) is 0 Å². The monoisotopic (exact) mass is 248 g/mol. The fourth-order valence-corrected chi connectivity index (χ4v) is 1.82. The number of anilines is 1. The zero-order chi connectivity index (χ0) is 13.3. The van der Waals surface area contributed by atoms with Crippen molar-refractivity contribution >= 4 is 17.5 Å². The Kier molecular flexibility index (Phi) is 3.34. The number of rotatable bonds is 4. The lowest BCUT2D eigenvalue weighted by molar-refractivity contribution is 0.0693. The number of hydrogen-bond donors (Lipinski definition) is 1. The molecular weight excluding hydrogens is 232 g/mol. The molecule has 0 bridgehead atoms. The van der Waals surface area contributed by atoms with Crippen molar-refractivity contribution in [2.75, 3.05) is 26.0 Å². The summed E-state index contributed by atoms with van der Waals surface area (Å²) in [6.45, 7) is 2.59. The number of hydrogen-bond acceptors (Lipinski definition) is 4. The molecule has 2 amide bonds. The molecule has 18 heavy (non-hydrogen) atoms. The van der Waals surface area contributed by atoms with Crippen LogP contribution in [0.4, 0.5) is 5.69 Å². The molecule has 5 nitrogen and oxygen atoms in total. The lowest BCUT2D eigenvalue weighted by Gasteiger charge is -2.12. The van der Waals surface area contributed by atoms with E-state index in [2.05, 4.69) is 5.32 Å². The minimum atomic E-state index is -0.251. The Morgan fingerprint density at radius 1 is 1.28 bits per heavy atom. The van der Waals surface area contributed by atoms with Gasteiger partial charge in [0.2, 0.25) is 0 Å². The van der Waals surface area contributed by atoms with E-state index in [1.165, 1.54) is 7.05 Å². The summed E-state index contributed by atoms with van der Waals surface area (Å²) in [6.07, 6.45) is 0.0817. The van der Waals surface area contributed by atoms with Crippen LogP contribution in [0, 0.1) is 0 Å². The Morgan fingerprint density at radius 3 is 2.61 bits per heavy atom. The first kappa shape index (κ1) is 12.6. The first-order valence-corrected chi connectivity index (χ1v) is 5.77. The first-order valence-electron chi connectivity index (χ1n) is 5.77. The maximum Gasteiger partial charge on any atom is 0.261 e. The molecule has 1 aromatic carbocycles. The minimum absolute atomic E-state index is 0.0817. The van der Waals surface area contributed by atoms with Crippen LogP contribution in [-0.4, -0.2) is 43.5 Å². The van der Waals surface area contributed by atoms with Gasteiger partial charge in [-0.1, -0.05) is 0 Å². The molecule has 0 spiro atoms. The van der Waals surface area contributed by atoms with Crippen molar-refractivity contribution in [3.8, 4) is 0 Å². The average molecular weight is 248 g/mol. The number of ether oxygens (including phenoxy) is 1. The highest BCUT2D eigenvalue weighted by Crippen LogP contribution is 2.24. The van der Waals surface area contributed by atoms with Crippen molar-refractivity contribution in [2.45, 2.75) is 13.0 Å². The van der Waals surface area contributed by atoms with E-state index in [9.17, 15) is 9.59 Å². The van der Waals surface area contributed by atoms with Gasteiger partial charge in [0.25, 0.3) is 11.8 Å². The molecule has 1 atom stereocenters. The van der Waals surface area contributed by atoms with Crippen molar-refractivity contribution in [3.05, 3.63) is 29.3 Å². The van der Waals surface area contributed by atoms with Gasteiger partial charge >= 0.3 is 0 Å². The number of nitrogens with one attached hydrogen (secondary N) is 1. The molecule has 1 aliphatic heterocycles. The third-order valence-electron chi connectivity index (χ3n) is 3.09. The molecule has 1 heterocycles. The maximum absolute atomic E-state index is 11.8. The number of benzene rings is 1. The molecule has 5 heteroatoms. The van der Waals surface area contributed by atoms with Gasteiger partial charge in [-0.3, -0.25) is 14.5 Å². The number of fused-ring (bicyclic) bond motifs is 1. The quantitative estimate of drug-likeness (QED) is 0.817. The smallest absolute Gasteiger partial charge is 0.261 e. The highest BCUT2D eigenvalue weighted by atomic mass is 16.5. The van der Waals surface area contributed by atoms with Gasteiger partial charge in [0, 0.05) is 26.4 Å². The van der Waals surface area contributed by atoms with Gasteiger partial charge in [0.1, 0.15) is 0 Å². The van der Waals surface area contributed by atoms with Gasteiger partial charge in [0.05, 0.1) is 17.2 Å². The molecule has 1 aromatic rings. The lowest BCUT2D eigenvalue weighted by Crippen LogP contribution is -2.24. The second kappa shape index (κ2) is 4.78. The van der Waals surface area contributed by atoms with Crippen LogP contribution in [-0.2, 0) is 4.74 Å². The highest BCUT2D eigenvalue weighted by molar-refractivity contribution is 6.21. The largest absolute Gasteiger partial charge is 0.382 e. The Labute approximate surface area is 106 Å². The standard InChI is InChI=1S/C13H16N2O3/c1-8(18-3)7-14-9-4-5-10-11(6-9)13(17)15(2)12(10)16/h4-6,8,14H,7H2,1-3H3. The predicted octanol–water partition coefficient (Wildman–Crippen LogP) is 1.36. The van der Waals surface area contributed by atoms with Gasteiger partial charge in [0.15, 0.2) is 0 Å². The summed E-state index contributed by atoms with van der Waals surface area (Å²) in [5.74, 6) is -0.495.